The number of ether oxygens (including phenoxy) is 1. The SMILES string of the molecule is CCC(C)OCCCC(=O)Nc1ccc(C(N)=S)cc1. The van der Waals surface area contributed by atoms with Gasteiger partial charge in [0.2, 0.25) is 5.91 Å². The van der Waals surface area contributed by atoms with Crippen molar-refractivity contribution in [3.05, 3.63) is 29.8 Å². The van der Waals surface area contributed by atoms with E-state index in [1.807, 2.05) is 6.92 Å². The van der Waals surface area contributed by atoms with Crippen molar-refractivity contribution in [1.29, 1.82) is 0 Å². The largest absolute Gasteiger partial charge is 0.389 e. The lowest BCUT2D eigenvalue weighted by molar-refractivity contribution is -0.116. The highest BCUT2D eigenvalue weighted by Gasteiger charge is 2.04. The van der Waals surface area contributed by atoms with Gasteiger partial charge in [0.25, 0.3) is 0 Å². The summed E-state index contributed by atoms with van der Waals surface area (Å²) in [5.74, 6) is -0.0131. The maximum atomic E-state index is 11.7. The molecule has 1 amide bonds. The van der Waals surface area contributed by atoms with E-state index >= 15 is 0 Å². The van der Waals surface area contributed by atoms with Crippen LogP contribution < -0.4 is 11.1 Å². The molecule has 0 aliphatic heterocycles. The van der Waals surface area contributed by atoms with Crippen molar-refractivity contribution in [1.82, 2.24) is 0 Å². The molecule has 0 bridgehead atoms. The van der Waals surface area contributed by atoms with Crippen LogP contribution in [0.3, 0.4) is 0 Å². The third kappa shape index (κ3) is 6.12. The van der Waals surface area contributed by atoms with Crippen LogP contribution in [-0.2, 0) is 9.53 Å². The first-order valence-corrected chi connectivity index (χ1v) is 7.25. The molecule has 1 rings (SSSR count). The molecule has 0 saturated carbocycles. The van der Waals surface area contributed by atoms with Gasteiger partial charge in [0.05, 0.1) is 6.10 Å². The molecule has 1 atom stereocenters. The Morgan fingerprint density at radius 3 is 2.60 bits per heavy atom. The van der Waals surface area contributed by atoms with Crippen molar-refractivity contribution in [3.63, 3.8) is 0 Å². The fourth-order valence-corrected chi connectivity index (χ4v) is 1.71. The number of carbonyl (C=O) groups excluding carboxylic acids is 1. The summed E-state index contributed by atoms with van der Waals surface area (Å²) in [5, 5.41) is 2.83. The Bertz CT molecular complexity index is 446. The zero-order valence-corrected chi connectivity index (χ0v) is 12.8. The van der Waals surface area contributed by atoms with E-state index in [0.29, 0.717) is 18.0 Å². The van der Waals surface area contributed by atoms with Crippen molar-refractivity contribution >= 4 is 28.8 Å². The zero-order valence-electron chi connectivity index (χ0n) is 12.0. The molecule has 0 spiro atoms. The standard InChI is InChI=1S/C15H22N2O2S/c1-3-11(2)19-10-4-5-14(18)17-13-8-6-12(7-9-13)15(16)20/h6-9,11H,3-5,10H2,1-2H3,(H2,16,20)(H,17,18). The highest BCUT2D eigenvalue weighted by molar-refractivity contribution is 7.80. The van der Waals surface area contributed by atoms with Crippen LogP contribution in [0.15, 0.2) is 24.3 Å². The molecule has 0 fully saturated rings. The van der Waals surface area contributed by atoms with E-state index in [1.165, 1.54) is 0 Å². The van der Waals surface area contributed by atoms with Crippen LogP contribution >= 0.6 is 12.2 Å². The Kier molecular flexibility index (Phi) is 7.18. The second-order valence-electron chi connectivity index (χ2n) is 4.68. The Morgan fingerprint density at radius 2 is 2.05 bits per heavy atom. The van der Waals surface area contributed by atoms with Gasteiger partial charge >= 0.3 is 0 Å². The minimum Gasteiger partial charge on any atom is -0.389 e. The highest BCUT2D eigenvalue weighted by atomic mass is 32.1. The van der Waals surface area contributed by atoms with E-state index in [1.54, 1.807) is 24.3 Å². The second kappa shape index (κ2) is 8.66. The molecule has 1 unspecified atom stereocenters. The lowest BCUT2D eigenvalue weighted by Crippen LogP contribution is -2.14. The van der Waals surface area contributed by atoms with E-state index in [-0.39, 0.29) is 12.0 Å². The van der Waals surface area contributed by atoms with Crippen LogP contribution in [0.4, 0.5) is 5.69 Å². The van der Waals surface area contributed by atoms with Gasteiger partial charge in [-0.05, 0) is 44.0 Å². The quantitative estimate of drug-likeness (QED) is 0.571. The Balaban J connectivity index is 2.30. The van der Waals surface area contributed by atoms with Crippen molar-refractivity contribution in [3.8, 4) is 0 Å². The summed E-state index contributed by atoms with van der Waals surface area (Å²) in [6, 6.07) is 7.18. The summed E-state index contributed by atoms with van der Waals surface area (Å²) in [5.41, 5.74) is 7.05. The van der Waals surface area contributed by atoms with Crippen LogP contribution in [0.25, 0.3) is 0 Å². The number of anilines is 1. The summed E-state index contributed by atoms with van der Waals surface area (Å²) >= 11 is 4.87. The van der Waals surface area contributed by atoms with Crippen molar-refractivity contribution in [2.75, 3.05) is 11.9 Å². The Hall–Kier alpha value is -1.46. The number of rotatable bonds is 8. The lowest BCUT2D eigenvalue weighted by atomic mass is 10.2. The number of nitrogens with one attached hydrogen (secondary N) is 1. The molecule has 110 valence electrons. The third-order valence-corrected chi connectivity index (χ3v) is 3.21. The molecular weight excluding hydrogens is 272 g/mol. The Morgan fingerprint density at radius 1 is 1.40 bits per heavy atom. The molecule has 3 N–H and O–H groups in total. The Labute approximate surface area is 125 Å². The van der Waals surface area contributed by atoms with Gasteiger partial charge in [-0.1, -0.05) is 19.1 Å². The summed E-state index contributed by atoms with van der Waals surface area (Å²) in [6.07, 6.45) is 2.42. The fraction of sp³-hybridized carbons (Fsp3) is 0.467. The van der Waals surface area contributed by atoms with E-state index < -0.39 is 0 Å². The number of thiocarbonyl (C=S) groups is 1. The van der Waals surface area contributed by atoms with Crippen molar-refractivity contribution in [2.45, 2.75) is 39.2 Å². The number of nitrogens with two attached hydrogens (primary N) is 1. The monoisotopic (exact) mass is 294 g/mol. The molecule has 0 radical (unpaired) electrons. The topological polar surface area (TPSA) is 64.3 Å². The van der Waals surface area contributed by atoms with Gasteiger partial charge in [0.15, 0.2) is 0 Å². The van der Waals surface area contributed by atoms with Crippen LogP contribution in [0.1, 0.15) is 38.7 Å². The molecule has 1 aromatic carbocycles. The first kappa shape index (κ1) is 16.6. The van der Waals surface area contributed by atoms with E-state index in [9.17, 15) is 4.79 Å². The molecule has 0 heterocycles. The number of benzene rings is 1. The molecule has 4 nitrogen and oxygen atoms in total. The fourth-order valence-electron chi connectivity index (χ4n) is 1.58. The van der Waals surface area contributed by atoms with Gasteiger partial charge in [0.1, 0.15) is 4.99 Å². The average Bonchev–Trinajstić information content (AvgIpc) is 2.43. The van der Waals surface area contributed by atoms with Crippen molar-refractivity contribution in [2.24, 2.45) is 5.73 Å². The summed E-state index contributed by atoms with van der Waals surface area (Å²) in [4.78, 5) is 12.1. The van der Waals surface area contributed by atoms with Gasteiger partial charge in [-0.25, -0.2) is 0 Å². The van der Waals surface area contributed by atoms with Gasteiger partial charge < -0.3 is 15.8 Å². The average molecular weight is 294 g/mol. The van der Waals surface area contributed by atoms with Gasteiger partial charge in [-0.2, -0.15) is 0 Å². The zero-order chi connectivity index (χ0) is 15.0. The smallest absolute Gasteiger partial charge is 0.224 e. The summed E-state index contributed by atoms with van der Waals surface area (Å²) in [7, 11) is 0. The highest BCUT2D eigenvalue weighted by Crippen LogP contribution is 2.10. The molecule has 20 heavy (non-hydrogen) atoms. The second-order valence-corrected chi connectivity index (χ2v) is 5.12. The maximum Gasteiger partial charge on any atom is 0.224 e. The third-order valence-electron chi connectivity index (χ3n) is 2.98. The number of hydrogen-bond acceptors (Lipinski definition) is 3. The van der Waals surface area contributed by atoms with E-state index in [2.05, 4.69) is 12.2 Å². The van der Waals surface area contributed by atoms with Crippen molar-refractivity contribution < 1.29 is 9.53 Å². The number of carbonyl (C=O) groups is 1. The van der Waals surface area contributed by atoms with E-state index in [4.69, 9.17) is 22.7 Å². The van der Waals surface area contributed by atoms with Gasteiger partial charge in [-0.3, -0.25) is 4.79 Å². The van der Waals surface area contributed by atoms with Crippen LogP contribution in [0, 0.1) is 0 Å². The van der Waals surface area contributed by atoms with E-state index in [0.717, 1.165) is 24.1 Å². The molecule has 0 aromatic heterocycles. The molecule has 0 saturated heterocycles. The lowest BCUT2D eigenvalue weighted by Gasteiger charge is -2.10. The van der Waals surface area contributed by atoms with Gasteiger partial charge in [0, 0.05) is 24.3 Å². The molecule has 0 aliphatic carbocycles. The van der Waals surface area contributed by atoms with Crippen LogP contribution in [0.2, 0.25) is 0 Å². The number of hydrogen-bond donors (Lipinski definition) is 2. The summed E-state index contributed by atoms with van der Waals surface area (Å²) in [6.45, 7) is 4.72. The summed E-state index contributed by atoms with van der Waals surface area (Å²) < 4.78 is 5.53. The predicted octanol–water partition coefficient (Wildman–Crippen LogP) is 2.85. The minimum atomic E-state index is -0.0131. The first-order chi connectivity index (χ1) is 9.52. The first-order valence-electron chi connectivity index (χ1n) is 6.84. The maximum absolute atomic E-state index is 11.7. The van der Waals surface area contributed by atoms with Crippen LogP contribution in [0.5, 0.6) is 0 Å². The molecule has 5 heteroatoms. The normalized spacial score (nSPS) is 11.9. The number of amides is 1. The molecule has 1 aromatic rings. The molecular formula is C15H22N2O2S. The predicted molar refractivity (Wildman–Crippen MR) is 85.9 cm³/mol. The van der Waals surface area contributed by atoms with Crippen LogP contribution in [-0.4, -0.2) is 23.6 Å². The minimum absolute atomic E-state index is 0.0131. The molecule has 0 aliphatic rings. The van der Waals surface area contributed by atoms with Gasteiger partial charge in [-0.15, -0.1) is 0 Å².